The lowest BCUT2D eigenvalue weighted by Crippen LogP contribution is -2.46. The van der Waals surface area contributed by atoms with Crippen LogP contribution in [0.4, 0.5) is 0 Å². The highest BCUT2D eigenvalue weighted by Gasteiger charge is 2.25. The molecule has 1 aliphatic rings. The van der Waals surface area contributed by atoms with Crippen LogP contribution in [0.3, 0.4) is 0 Å². The number of aryl methyl sites for hydroxylation is 1. The van der Waals surface area contributed by atoms with Crippen molar-refractivity contribution in [3.05, 3.63) is 71.8 Å². The van der Waals surface area contributed by atoms with Crippen LogP contribution in [-0.2, 0) is 20.7 Å². The Bertz CT molecular complexity index is 719. The molecule has 1 N–H and O–H groups in total. The van der Waals surface area contributed by atoms with E-state index >= 15 is 0 Å². The maximum atomic E-state index is 12.4. The van der Waals surface area contributed by atoms with Crippen molar-refractivity contribution >= 4 is 11.8 Å². The van der Waals surface area contributed by atoms with Gasteiger partial charge in [-0.05, 0) is 17.5 Å². The molecule has 2 aromatic rings. The van der Waals surface area contributed by atoms with Crippen LogP contribution in [0, 0.1) is 0 Å². The molecule has 1 saturated heterocycles. The van der Waals surface area contributed by atoms with Crippen molar-refractivity contribution in [3.63, 3.8) is 0 Å². The third-order valence-electron chi connectivity index (χ3n) is 4.51. The lowest BCUT2D eigenvalue weighted by molar-refractivity contribution is -0.139. The van der Waals surface area contributed by atoms with Crippen LogP contribution in [-0.4, -0.2) is 43.0 Å². The first-order chi connectivity index (χ1) is 12.7. The number of hydrogen-bond donors (Lipinski definition) is 1. The highest BCUT2D eigenvalue weighted by molar-refractivity contribution is 5.84. The number of ether oxygens (including phenoxy) is 1. The van der Waals surface area contributed by atoms with E-state index in [4.69, 9.17) is 4.74 Å². The summed E-state index contributed by atoms with van der Waals surface area (Å²) in [5.74, 6) is -0.169. The highest BCUT2D eigenvalue weighted by atomic mass is 16.5. The van der Waals surface area contributed by atoms with Crippen molar-refractivity contribution in [3.8, 4) is 0 Å². The van der Waals surface area contributed by atoms with Gasteiger partial charge >= 0.3 is 0 Å². The number of rotatable bonds is 6. The molecule has 1 aliphatic heterocycles. The van der Waals surface area contributed by atoms with Gasteiger partial charge in [-0.2, -0.15) is 0 Å². The van der Waals surface area contributed by atoms with E-state index in [1.165, 1.54) is 0 Å². The molecule has 0 aromatic heterocycles. The van der Waals surface area contributed by atoms with Gasteiger partial charge in [0.2, 0.25) is 11.8 Å². The average Bonchev–Trinajstić information content (AvgIpc) is 2.72. The van der Waals surface area contributed by atoms with Crippen molar-refractivity contribution < 1.29 is 14.3 Å². The molecule has 5 nitrogen and oxygen atoms in total. The van der Waals surface area contributed by atoms with Gasteiger partial charge in [0.15, 0.2) is 0 Å². The predicted octanol–water partition coefficient (Wildman–Crippen LogP) is 2.34. The molecule has 1 atom stereocenters. The topological polar surface area (TPSA) is 58.6 Å². The minimum absolute atomic E-state index is 0.0368. The first kappa shape index (κ1) is 18.1. The lowest BCUT2D eigenvalue weighted by Gasteiger charge is -2.33. The van der Waals surface area contributed by atoms with E-state index in [2.05, 4.69) is 5.32 Å². The Hall–Kier alpha value is -2.66. The summed E-state index contributed by atoms with van der Waals surface area (Å²) in [6, 6.07) is 19.8. The molecule has 2 aromatic carbocycles. The van der Waals surface area contributed by atoms with E-state index in [9.17, 15) is 9.59 Å². The van der Waals surface area contributed by atoms with Gasteiger partial charge < -0.3 is 15.0 Å². The first-order valence-corrected chi connectivity index (χ1v) is 8.97. The summed E-state index contributed by atoms with van der Waals surface area (Å²) in [7, 11) is 0. The minimum atomic E-state index is -0.109. The zero-order valence-electron chi connectivity index (χ0n) is 14.8. The largest absolute Gasteiger partial charge is 0.370 e. The smallest absolute Gasteiger partial charge is 0.242 e. The van der Waals surface area contributed by atoms with Crippen LogP contribution < -0.4 is 5.32 Å². The molecular weight excluding hydrogens is 328 g/mol. The molecule has 0 bridgehead atoms. The number of benzene rings is 2. The summed E-state index contributed by atoms with van der Waals surface area (Å²) < 4.78 is 5.78. The van der Waals surface area contributed by atoms with Gasteiger partial charge in [-0.3, -0.25) is 9.59 Å². The van der Waals surface area contributed by atoms with Gasteiger partial charge in [0, 0.05) is 13.0 Å². The van der Waals surface area contributed by atoms with Gasteiger partial charge in [0.05, 0.1) is 19.7 Å². The predicted molar refractivity (Wildman–Crippen MR) is 99.5 cm³/mol. The Morgan fingerprint density at radius 3 is 2.46 bits per heavy atom. The van der Waals surface area contributed by atoms with Gasteiger partial charge in [-0.25, -0.2) is 0 Å². The monoisotopic (exact) mass is 352 g/mol. The fourth-order valence-corrected chi connectivity index (χ4v) is 3.02. The summed E-state index contributed by atoms with van der Waals surface area (Å²) >= 11 is 0. The fraction of sp³-hybridized carbons (Fsp3) is 0.333. The quantitative estimate of drug-likeness (QED) is 0.868. The van der Waals surface area contributed by atoms with E-state index < -0.39 is 0 Å². The standard InChI is InChI=1S/C21H24N2O3/c24-20(12-11-17-7-3-1-4-8-17)22-15-21(25)23-13-14-26-19(16-23)18-9-5-2-6-10-18/h1-10,19H,11-16H2,(H,22,24)/t19-/m0/s1. The highest BCUT2D eigenvalue weighted by Crippen LogP contribution is 2.21. The van der Waals surface area contributed by atoms with Crippen molar-refractivity contribution in [2.75, 3.05) is 26.2 Å². The molecule has 0 aliphatic carbocycles. The molecule has 1 fully saturated rings. The van der Waals surface area contributed by atoms with Crippen LogP contribution in [0.2, 0.25) is 0 Å². The molecule has 0 radical (unpaired) electrons. The maximum Gasteiger partial charge on any atom is 0.242 e. The number of carbonyl (C=O) groups is 2. The van der Waals surface area contributed by atoms with Crippen LogP contribution in [0.25, 0.3) is 0 Å². The van der Waals surface area contributed by atoms with Gasteiger partial charge in [-0.15, -0.1) is 0 Å². The molecular formula is C21H24N2O3. The Labute approximate surface area is 154 Å². The van der Waals surface area contributed by atoms with E-state index in [1.54, 1.807) is 4.90 Å². The van der Waals surface area contributed by atoms with Crippen LogP contribution in [0.15, 0.2) is 60.7 Å². The molecule has 2 amide bonds. The van der Waals surface area contributed by atoms with E-state index in [-0.39, 0.29) is 24.5 Å². The zero-order valence-corrected chi connectivity index (χ0v) is 14.8. The Kier molecular flexibility index (Phi) is 6.39. The summed E-state index contributed by atoms with van der Waals surface area (Å²) in [5, 5.41) is 2.73. The Morgan fingerprint density at radius 1 is 1.04 bits per heavy atom. The Morgan fingerprint density at radius 2 is 1.73 bits per heavy atom. The first-order valence-electron chi connectivity index (χ1n) is 8.97. The fourth-order valence-electron chi connectivity index (χ4n) is 3.02. The van der Waals surface area contributed by atoms with E-state index in [0.29, 0.717) is 32.5 Å². The lowest BCUT2D eigenvalue weighted by atomic mass is 10.1. The summed E-state index contributed by atoms with van der Waals surface area (Å²) in [5.41, 5.74) is 2.18. The van der Waals surface area contributed by atoms with Crippen LogP contribution in [0.5, 0.6) is 0 Å². The number of amides is 2. The van der Waals surface area contributed by atoms with Crippen LogP contribution >= 0.6 is 0 Å². The second-order valence-electron chi connectivity index (χ2n) is 6.37. The second kappa shape index (κ2) is 9.15. The van der Waals surface area contributed by atoms with Crippen molar-refractivity contribution in [2.45, 2.75) is 18.9 Å². The van der Waals surface area contributed by atoms with Crippen molar-refractivity contribution in [1.82, 2.24) is 10.2 Å². The summed E-state index contributed by atoms with van der Waals surface area (Å²) in [6.45, 7) is 1.62. The normalized spacial score (nSPS) is 16.9. The number of nitrogens with one attached hydrogen (secondary N) is 1. The second-order valence-corrected chi connectivity index (χ2v) is 6.37. The third kappa shape index (κ3) is 5.17. The number of carbonyl (C=O) groups excluding carboxylic acids is 2. The van der Waals surface area contributed by atoms with Gasteiger partial charge in [-0.1, -0.05) is 60.7 Å². The molecule has 1 heterocycles. The summed E-state index contributed by atoms with van der Waals surface area (Å²) in [4.78, 5) is 26.2. The summed E-state index contributed by atoms with van der Waals surface area (Å²) in [6.07, 6.45) is 0.948. The average molecular weight is 352 g/mol. The third-order valence-corrected chi connectivity index (χ3v) is 4.51. The molecule has 0 unspecified atom stereocenters. The molecule has 26 heavy (non-hydrogen) atoms. The SMILES string of the molecule is O=C(CCc1ccccc1)NCC(=O)N1CCO[C@H](c2ccccc2)C1. The number of nitrogens with zero attached hydrogens (tertiary/aromatic N) is 1. The Balaban J connectivity index is 1.43. The zero-order chi connectivity index (χ0) is 18.2. The molecule has 5 heteroatoms. The molecule has 0 saturated carbocycles. The maximum absolute atomic E-state index is 12.4. The molecule has 0 spiro atoms. The van der Waals surface area contributed by atoms with Crippen molar-refractivity contribution in [2.24, 2.45) is 0 Å². The van der Waals surface area contributed by atoms with Crippen LogP contribution in [0.1, 0.15) is 23.7 Å². The van der Waals surface area contributed by atoms with Crippen molar-refractivity contribution in [1.29, 1.82) is 0 Å². The van der Waals surface area contributed by atoms with E-state index in [1.807, 2.05) is 60.7 Å². The molecule has 136 valence electrons. The molecule has 3 rings (SSSR count). The van der Waals surface area contributed by atoms with E-state index in [0.717, 1.165) is 11.1 Å². The minimum Gasteiger partial charge on any atom is -0.370 e. The number of hydrogen-bond acceptors (Lipinski definition) is 3. The van der Waals surface area contributed by atoms with Gasteiger partial charge in [0.25, 0.3) is 0 Å². The van der Waals surface area contributed by atoms with Gasteiger partial charge in [0.1, 0.15) is 6.10 Å². The number of morpholine rings is 1.